The van der Waals surface area contributed by atoms with Crippen LogP contribution in [0.4, 0.5) is 0 Å². The second-order valence-corrected chi connectivity index (χ2v) is 13.1. The van der Waals surface area contributed by atoms with Crippen molar-refractivity contribution >= 4 is 5.97 Å². The number of rotatable bonds is 26. The maximum Gasteiger partial charge on any atom is 0.334 e. The maximum atomic E-state index is 11.7. The van der Waals surface area contributed by atoms with E-state index in [1.165, 1.54) is 70.6 Å². The third kappa shape index (κ3) is 16.2. The summed E-state index contributed by atoms with van der Waals surface area (Å²) >= 11 is 0. The largest absolute Gasteiger partial charge is 0.455 e. The van der Waals surface area contributed by atoms with E-state index < -0.39 is 24.4 Å². The summed E-state index contributed by atoms with van der Waals surface area (Å²) in [4.78, 5) is 11.7. The molecule has 2 aliphatic heterocycles. The molecule has 7 nitrogen and oxygen atoms in total. The highest BCUT2D eigenvalue weighted by atomic mass is 16.5. The smallest absolute Gasteiger partial charge is 0.334 e. The lowest BCUT2D eigenvalue weighted by atomic mass is 9.98. The Morgan fingerprint density at radius 1 is 0.667 bits per heavy atom. The second-order valence-electron chi connectivity index (χ2n) is 13.1. The van der Waals surface area contributed by atoms with Crippen LogP contribution in [0, 0.1) is 0 Å². The molecule has 0 saturated carbocycles. The average Bonchev–Trinajstić information content (AvgIpc) is 3.58. The van der Waals surface area contributed by atoms with Gasteiger partial charge in [0.05, 0.1) is 36.6 Å². The molecule has 2 rings (SSSR count). The third-order valence-electron chi connectivity index (χ3n) is 9.11. The normalized spacial score (nSPS) is 23.5. The van der Waals surface area contributed by atoms with Crippen LogP contribution in [-0.4, -0.2) is 69.1 Å². The first-order valence-electron chi connectivity index (χ1n) is 17.6. The van der Waals surface area contributed by atoms with E-state index in [2.05, 4.69) is 6.92 Å². The zero-order chi connectivity index (χ0) is 30.6. The molecule has 7 heteroatoms. The Balaban J connectivity index is 1.43. The predicted octanol–water partition coefficient (Wildman–Crippen LogP) is 7.06. The number of cyclic esters (lactones) is 1. The van der Waals surface area contributed by atoms with Crippen molar-refractivity contribution in [1.82, 2.24) is 0 Å². The topological polar surface area (TPSA) is 116 Å². The van der Waals surface area contributed by atoms with Crippen LogP contribution >= 0.6 is 0 Å². The molecule has 4 N–H and O–H groups in total. The van der Waals surface area contributed by atoms with E-state index in [4.69, 9.17) is 9.47 Å². The molecule has 0 radical (unpaired) electrons. The van der Waals surface area contributed by atoms with Gasteiger partial charge in [0.1, 0.15) is 6.10 Å². The number of aliphatic hydroxyl groups excluding tert-OH is 4. The van der Waals surface area contributed by atoms with Crippen LogP contribution in [0.2, 0.25) is 0 Å². The molecule has 42 heavy (non-hydrogen) atoms. The van der Waals surface area contributed by atoms with E-state index in [-0.39, 0.29) is 24.3 Å². The van der Waals surface area contributed by atoms with Crippen molar-refractivity contribution in [3.05, 3.63) is 11.6 Å². The van der Waals surface area contributed by atoms with Gasteiger partial charge in [0.2, 0.25) is 0 Å². The quantitative estimate of drug-likeness (QED) is 0.0624. The lowest BCUT2D eigenvalue weighted by Crippen LogP contribution is -2.31. The zero-order valence-corrected chi connectivity index (χ0v) is 26.9. The first kappa shape index (κ1) is 37.2. The second kappa shape index (κ2) is 22.5. The van der Waals surface area contributed by atoms with E-state index in [0.717, 1.165) is 44.9 Å². The Hall–Kier alpha value is -0.990. The molecule has 0 bridgehead atoms. The molecule has 2 aliphatic rings. The van der Waals surface area contributed by atoms with Crippen molar-refractivity contribution in [3.63, 3.8) is 0 Å². The van der Waals surface area contributed by atoms with Gasteiger partial charge in [-0.15, -0.1) is 0 Å². The fourth-order valence-corrected chi connectivity index (χ4v) is 6.40. The summed E-state index contributed by atoms with van der Waals surface area (Å²) in [6.07, 6.45) is 22.3. The van der Waals surface area contributed by atoms with Gasteiger partial charge in [-0.1, -0.05) is 103 Å². The van der Waals surface area contributed by atoms with Crippen molar-refractivity contribution in [3.8, 4) is 0 Å². The minimum absolute atomic E-state index is 0.184. The van der Waals surface area contributed by atoms with Gasteiger partial charge < -0.3 is 29.9 Å². The fraction of sp³-hybridized carbons (Fsp3) is 0.914. The van der Waals surface area contributed by atoms with Crippen LogP contribution in [0.3, 0.4) is 0 Å². The number of ether oxygens (including phenoxy) is 2. The highest BCUT2D eigenvalue weighted by molar-refractivity contribution is 5.90. The number of hydrogen-bond donors (Lipinski definition) is 4. The summed E-state index contributed by atoms with van der Waals surface area (Å²) < 4.78 is 11.1. The number of esters is 1. The van der Waals surface area contributed by atoms with Crippen LogP contribution in [0.5, 0.6) is 0 Å². The molecule has 0 aliphatic carbocycles. The predicted molar refractivity (Wildman–Crippen MR) is 168 cm³/mol. The molecular weight excluding hydrogens is 532 g/mol. The van der Waals surface area contributed by atoms with Crippen LogP contribution in [-0.2, 0) is 14.3 Å². The van der Waals surface area contributed by atoms with E-state index in [0.29, 0.717) is 37.7 Å². The van der Waals surface area contributed by atoms with Crippen LogP contribution < -0.4 is 0 Å². The summed E-state index contributed by atoms with van der Waals surface area (Å²) in [6.45, 7) is 4.07. The highest BCUT2D eigenvalue weighted by Gasteiger charge is 2.34. The third-order valence-corrected chi connectivity index (χ3v) is 9.11. The van der Waals surface area contributed by atoms with Gasteiger partial charge in [-0.3, -0.25) is 0 Å². The Morgan fingerprint density at radius 2 is 1.14 bits per heavy atom. The first-order chi connectivity index (χ1) is 20.3. The van der Waals surface area contributed by atoms with Crippen LogP contribution in [0.25, 0.3) is 0 Å². The Morgan fingerprint density at radius 3 is 1.69 bits per heavy atom. The minimum atomic E-state index is -0.613. The van der Waals surface area contributed by atoms with Crippen molar-refractivity contribution in [2.24, 2.45) is 0 Å². The molecule has 0 aromatic rings. The van der Waals surface area contributed by atoms with Gasteiger partial charge in [-0.2, -0.15) is 0 Å². The Labute approximate surface area is 256 Å². The first-order valence-corrected chi connectivity index (χ1v) is 17.6. The molecule has 2 heterocycles. The molecule has 0 spiro atoms. The van der Waals surface area contributed by atoms with Crippen molar-refractivity contribution < 1.29 is 34.7 Å². The molecule has 246 valence electrons. The standard InChI is InChI=1S/C35H64O7/c1-3-4-5-6-7-8-9-10-11-12-13-17-20-31(38)33-23-24-34(42-33)32(39)22-21-29(36)18-15-14-16-19-30(37)26-28-25-27(2)41-35(28)40/h25,27,29-34,36-39H,3-24,26H2,1-2H3/t27-,29-,30-,31-,32-,33+,34-/m1/s1. The van der Waals surface area contributed by atoms with Crippen LogP contribution in [0.1, 0.15) is 162 Å². The van der Waals surface area contributed by atoms with Gasteiger partial charge in [0.25, 0.3) is 0 Å². The molecule has 7 atom stereocenters. The number of unbranched alkanes of at least 4 members (excludes halogenated alkanes) is 13. The zero-order valence-electron chi connectivity index (χ0n) is 26.9. The number of aliphatic hydroxyl groups is 4. The SMILES string of the molecule is CCCCCCCCCCCCCC[C@@H](O)[C@@H]1CC[C@H]([C@H](O)CC[C@H](O)CCCCC[C@@H](O)CC2=C[C@@H](C)OC2=O)O1. The van der Waals surface area contributed by atoms with Gasteiger partial charge in [0, 0.05) is 12.0 Å². The van der Waals surface area contributed by atoms with Gasteiger partial charge in [-0.25, -0.2) is 4.79 Å². The maximum absolute atomic E-state index is 11.7. The molecule has 1 fully saturated rings. The lowest BCUT2D eigenvalue weighted by Gasteiger charge is -2.23. The Bertz CT molecular complexity index is 726. The minimum Gasteiger partial charge on any atom is -0.455 e. The number of carbonyl (C=O) groups is 1. The molecule has 0 aromatic carbocycles. The molecular formula is C35H64O7. The summed E-state index contributed by atoms with van der Waals surface area (Å²) in [5.74, 6) is -0.323. The number of carbonyl (C=O) groups excluding carboxylic acids is 1. The van der Waals surface area contributed by atoms with E-state index in [1.807, 2.05) is 6.92 Å². The Kier molecular flexibility index (Phi) is 19.9. The van der Waals surface area contributed by atoms with Crippen molar-refractivity contribution in [2.75, 3.05) is 0 Å². The van der Waals surface area contributed by atoms with Crippen molar-refractivity contribution in [2.45, 2.75) is 204 Å². The summed E-state index contributed by atoms with van der Waals surface area (Å²) in [7, 11) is 0. The fourth-order valence-electron chi connectivity index (χ4n) is 6.40. The number of hydrogen-bond acceptors (Lipinski definition) is 7. The van der Waals surface area contributed by atoms with Gasteiger partial charge in [-0.05, 0) is 57.9 Å². The summed E-state index contributed by atoms with van der Waals surface area (Å²) in [5, 5.41) is 41.8. The molecule has 1 saturated heterocycles. The highest BCUT2D eigenvalue weighted by Crippen LogP contribution is 2.28. The summed E-state index contributed by atoms with van der Waals surface area (Å²) in [6, 6.07) is 0. The van der Waals surface area contributed by atoms with Gasteiger partial charge >= 0.3 is 5.97 Å². The van der Waals surface area contributed by atoms with E-state index in [9.17, 15) is 25.2 Å². The van der Waals surface area contributed by atoms with E-state index in [1.54, 1.807) is 6.08 Å². The van der Waals surface area contributed by atoms with E-state index >= 15 is 0 Å². The average molecular weight is 597 g/mol. The molecule has 0 unspecified atom stereocenters. The summed E-state index contributed by atoms with van der Waals surface area (Å²) in [5.41, 5.74) is 0.565. The molecule has 0 amide bonds. The van der Waals surface area contributed by atoms with Crippen molar-refractivity contribution in [1.29, 1.82) is 0 Å². The lowest BCUT2D eigenvalue weighted by molar-refractivity contribution is -0.139. The molecule has 0 aromatic heterocycles. The van der Waals surface area contributed by atoms with Crippen LogP contribution in [0.15, 0.2) is 11.6 Å². The van der Waals surface area contributed by atoms with Gasteiger partial charge in [0.15, 0.2) is 0 Å². The monoisotopic (exact) mass is 596 g/mol.